The van der Waals surface area contributed by atoms with E-state index < -0.39 is 23.6 Å². The lowest BCUT2D eigenvalue weighted by atomic mass is 10.1. The molecule has 1 aromatic rings. The molecule has 0 aliphatic heterocycles. The van der Waals surface area contributed by atoms with Crippen LogP contribution in [0.1, 0.15) is 31.1 Å². The Balaban J connectivity index is 3.18. The zero-order chi connectivity index (χ0) is 18.4. The maximum atomic E-state index is 11.9. The third kappa shape index (κ3) is 5.04. The molecule has 1 aromatic carbocycles. The number of ketones is 1. The number of rotatable bonds is 6. The molecule has 0 saturated heterocycles. The quantitative estimate of drug-likeness (QED) is 0.471. The fourth-order valence-electron chi connectivity index (χ4n) is 1.77. The van der Waals surface area contributed by atoms with Crippen LogP contribution in [0.15, 0.2) is 17.1 Å². The van der Waals surface area contributed by atoms with Crippen molar-refractivity contribution in [2.75, 3.05) is 7.05 Å². The van der Waals surface area contributed by atoms with Crippen LogP contribution < -0.4 is 5.32 Å². The van der Waals surface area contributed by atoms with Crippen molar-refractivity contribution in [2.45, 2.75) is 26.9 Å². The first-order valence-electron chi connectivity index (χ1n) is 7.14. The zero-order valence-electron chi connectivity index (χ0n) is 13.7. The molecule has 0 aliphatic carbocycles. The molecule has 130 valence electrons. The minimum absolute atomic E-state index is 0.0256. The van der Waals surface area contributed by atoms with Crippen LogP contribution in [0.25, 0.3) is 0 Å². The van der Waals surface area contributed by atoms with Gasteiger partial charge >= 0.3 is 5.97 Å². The molecule has 1 N–H and O–H groups in total. The van der Waals surface area contributed by atoms with E-state index in [1.165, 1.54) is 26.1 Å². The number of amides is 1. The van der Waals surface area contributed by atoms with E-state index in [1.54, 1.807) is 13.8 Å². The Morgan fingerprint density at radius 1 is 1.25 bits per heavy atom. The molecule has 1 atom stereocenters. The molecule has 1 rings (SSSR count). The van der Waals surface area contributed by atoms with Gasteiger partial charge in [-0.15, -0.1) is 0 Å². The Morgan fingerprint density at radius 2 is 1.88 bits per heavy atom. The van der Waals surface area contributed by atoms with Crippen LogP contribution in [0.3, 0.4) is 0 Å². The van der Waals surface area contributed by atoms with Crippen LogP contribution in [-0.2, 0) is 14.3 Å². The van der Waals surface area contributed by atoms with Gasteiger partial charge in [-0.2, -0.15) is 0 Å². The van der Waals surface area contributed by atoms with Crippen molar-refractivity contribution in [3.63, 3.8) is 0 Å². The van der Waals surface area contributed by atoms with Gasteiger partial charge in [0.15, 0.2) is 5.92 Å². The maximum Gasteiger partial charge on any atom is 0.322 e. The Hall–Kier alpha value is -1.92. The number of esters is 1. The number of halogens is 2. The molecule has 1 amide bonds. The summed E-state index contributed by atoms with van der Waals surface area (Å²) in [5.41, 5.74) is 0.280. The van der Waals surface area contributed by atoms with Crippen molar-refractivity contribution in [2.24, 2.45) is 10.9 Å². The van der Waals surface area contributed by atoms with Crippen molar-refractivity contribution in [3.05, 3.63) is 27.7 Å². The average Bonchev–Trinajstić information content (AvgIpc) is 2.48. The van der Waals surface area contributed by atoms with Crippen molar-refractivity contribution >= 4 is 52.8 Å². The molecule has 8 heteroatoms. The van der Waals surface area contributed by atoms with Crippen LogP contribution in [0.4, 0.5) is 5.69 Å². The summed E-state index contributed by atoms with van der Waals surface area (Å²) in [4.78, 5) is 39.4. The summed E-state index contributed by atoms with van der Waals surface area (Å²) < 4.78 is 5.02. The third-order valence-electron chi connectivity index (χ3n) is 2.93. The summed E-state index contributed by atoms with van der Waals surface area (Å²) in [5, 5.41) is 2.62. The monoisotopic (exact) mass is 372 g/mol. The fourth-order valence-corrected chi connectivity index (χ4v) is 2.36. The first kappa shape index (κ1) is 20.1. The second-order valence-corrected chi connectivity index (χ2v) is 5.97. The van der Waals surface area contributed by atoms with E-state index in [1.807, 2.05) is 0 Å². The average molecular weight is 373 g/mol. The van der Waals surface area contributed by atoms with E-state index in [0.717, 1.165) is 6.21 Å². The highest BCUT2D eigenvalue weighted by atomic mass is 35.5. The van der Waals surface area contributed by atoms with Gasteiger partial charge in [-0.3, -0.25) is 19.4 Å². The molecule has 0 saturated carbocycles. The van der Waals surface area contributed by atoms with Gasteiger partial charge in [-0.1, -0.05) is 23.2 Å². The van der Waals surface area contributed by atoms with Crippen LogP contribution in [-0.4, -0.2) is 37.0 Å². The number of hydrogen-bond donors (Lipinski definition) is 1. The third-order valence-corrected chi connectivity index (χ3v) is 3.63. The molecule has 0 aromatic heterocycles. The minimum atomic E-state index is -1.15. The highest BCUT2D eigenvalue weighted by Gasteiger charge is 2.24. The van der Waals surface area contributed by atoms with Gasteiger partial charge in [0.2, 0.25) is 0 Å². The van der Waals surface area contributed by atoms with E-state index in [-0.39, 0.29) is 27.4 Å². The van der Waals surface area contributed by atoms with E-state index in [9.17, 15) is 14.4 Å². The molecule has 0 radical (unpaired) electrons. The highest BCUT2D eigenvalue weighted by molar-refractivity contribution is 6.41. The lowest BCUT2D eigenvalue weighted by molar-refractivity contribution is -0.151. The van der Waals surface area contributed by atoms with Gasteiger partial charge in [0.25, 0.3) is 5.91 Å². The van der Waals surface area contributed by atoms with E-state index in [4.69, 9.17) is 27.9 Å². The van der Waals surface area contributed by atoms with E-state index in [0.29, 0.717) is 0 Å². The Kier molecular flexibility index (Phi) is 7.38. The summed E-state index contributed by atoms with van der Waals surface area (Å²) in [6.07, 6.45) is 0.794. The van der Waals surface area contributed by atoms with E-state index in [2.05, 4.69) is 10.3 Å². The predicted molar refractivity (Wildman–Crippen MR) is 93.4 cm³/mol. The second-order valence-electron chi connectivity index (χ2n) is 5.19. The Morgan fingerprint density at radius 3 is 2.38 bits per heavy atom. The van der Waals surface area contributed by atoms with Gasteiger partial charge in [0.05, 0.1) is 27.4 Å². The molecule has 6 nitrogen and oxygen atoms in total. The maximum absolute atomic E-state index is 11.9. The Labute approximate surface area is 150 Å². The second kappa shape index (κ2) is 8.80. The molecule has 0 fully saturated rings. The number of carbonyl (C=O) groups is 3. The molecule has 0 heterocycles. The van der Waals surface area contributed by atoms with Crippen LogP contribution >= 0.6 is 23.2 Å². The highest BCUT2D eigenvalue weighted by Crippen LogP contribution is 2.33. The van der Waals surface area contributed by atoms with Crippen molar-refractivity contribution in [3.8, 4) is 0 Å². The summed E-state index contributed by atoms with van der Waals surface area (Å²) in [6, 6.07) is 2.94. The number of Topliss-reactive ketones (excluding diaryl/α,β-unsaturated/α-hetero) is 1. The molecule has 0 spiro atoms. The standard InChI is InChI=1S/C16H18Cl2N2O4/c1-8(2)24-16(23)10(9(3)21)7-20-12-6-5-11(17)13(14(12)18)15(22)19-4/h5-8,10H,1-4H3,(H,19,22). The van der Waals surface area contributed by atoms with Crippen LogP contribution in [0.5, 0.6) is 0 Å². The number of nitrogens with one attached hydrogen (secondary N) is 1. The molecule has 0 aliphatic rings. The smallest absolute Gasteiger partial charge is 0.322 e. The fraction of sp³-hybridized carbons (Fsp3) is 0.375. The van der Waals surface area contributed by atoms with Crippen molar-refractivity contribution < 1.29 is 19.1 Å². The molecule has 24 heavy (non-hydrogen) atoms. The number of hydrogen-bond acceptors (Lipinski definition) is 5. The first-order valence-corrected chi connectivity index (χ1v) is 7.89. The lowest BCUT2D eigenvalue weighted by Gasteiger charge is -2.12. The lowest BCUT2D eigenvalue weighted by Crippen LogP contribution is -2.27. The number of aliphatic imine (C=N–C) groups is 1. The van der Waals surface area contributed by atoms with Crippen LogP contribution in [0.2, 0.25) is 10.0 Å². The van der Waals surface area contributed by atoms with Gasteiger partial charge in [-0.25, -0.2) is 0 Å². The van der Waals surface area contributed by atoms with Gasteiger partial charge in [0.1, 0.15) is 5.78 Å². The minimum Gasteiger partial charge on any atom is -0.462 e. The number of ether oxygens (including phenoxy) is 1. The van der Waals surface area contributed by atoms with Gasteiger partial charge in [-0.05, 0) is 32.9 Å². The largest absolute Gasteiger partial charge is 0.462 e. The number of benzene rings is 1. The normalized spacial score (nSPS) is 12.3. The predicted octanol–water partition coefficient (Wildman–Crippen LogP) is 3.21. The summed E-state index contributed by atoms with van der Waals surface area (Å²) >= 11 is 12.1. The summed E-state index contributed by atoms with van der Waals surface area (Å²) in [6.45, 7) is 4.62. The molecular formula is C16H18Cl2N2O4. The van der Waals surface area contributed by atoms with Crippen molar-refractivity contribution in [1.82, 2.24) is 5.32 Å². The first-order chi connectivity index (χ1) is 11.2. The van der Waals surface area contributed by atoms with E-state index >= 15 is 0 Å². The molecule has 0 bridgehead atoms. The van der Waals surface area contributed by atoms with Gasteiger partial charge < -0.3 is 10.1 Å². The van der Waals surface area contributed by atoms with Crippen LogP contribution in [0, 0.1) is 5.92 Å². The summed E-state index contributed by atoms with van der Waals surface area (Å²) in [7, 11) is 1.44. The van der Waals surface area contributed by atoms with Crippen molar-refractivity contribution in [1.29, 1.82) is 0 Å². The zero-order valence-corrected chi connectivity index (χ0v) is 15.2. The van der Waals surface area contributed by atoms with Gasteiger partial charge in [0, 0.05) is 13.3 Å². The number of nitrogens with zero attached hydrogens (tertiary/aromatic N) is 1. The molecule has 1 unspecified atom stereocenters. The summed E-state index contributed by atoms with van der Waals surface area (Å²) in [5.74, 6) is -2.73. The molecular weight excluding hydrogens is 355 g/mol. The topological polar surface area (TPSA) is 84.8 Å². The number of carbonyl (C=O) groups excluding carboxylic acids is 3. The SMILES string of the molecule is CNC(=O)c1c(Cl)ccc(N=CC(C(C)=O)C(=O)OC(C)C)c1Cl. The Bertz CT molecular complexity index is 687.